The molecule has 1 fully saturated rings. The third-order valence-electron chi connectivity index (χ3n) is 6.40. The van der Waals surface area contributed by atoms with Crippen molar-refractivity contribution in [2.75, 3.05) is 20.1 Å². The maximum atomic E-state index is 13.5. The number of carboxylic acid groups (broad SMARTS) is 1. The summed E-state index contributed by atoms with van der Waals surface area (Å²) in [5, 5.41) is 10.4. The molecule has 1 amide bonds. The fraction of sp³-hybridized carbons (Fsp3) is 0.462. The van der Waals surface area contributed by atoms with E-state index < -0.39 is 11.4 Å². The number of amides is 1. The first kappa shape index (κ1) is 24.3. The zero-order valence-electron chi connectivity index (χ0n) is 19.6. The van der Waals surface area contributed by atoms with Gasteiger partial charge in [0.1, 0.15) is 0 Å². The van der Waals surface area contributed by atoms with Gasteiger partial charge in [-0.2, -0.15) is 0 Å². The van der Waals surface area contributed by atoms with Crippen molar-refractivity contribution in [3.63, 3.8) is 0 Å². The summed E-state index contributed by atoms with van der Waals surface area (Å²) < 4.78 is 0. The summed E-state index contributed by atoms with van der Waals surface area (Å²) in [6.45, 7) is 10.1. The van der Waals surface area contributed by atoms with Gasteiger partial charge in [-0.3, -0.25) is 9.69 Å². The van der Waals surface area contributed by atoms with E-state index in [0.717, 1.165) is 47.8 Å². The summed E-state index contributed by atoms with van der Waals surface area (Å²) in [5.41, 5.74) is 3.23. The summed E-state index contributed by atoms with van der Waals surface area (Å²) in [7, 11) is 1.87. The molecule has 1 aliphatic heterocycles. The van der Waals surface area contributed by atoms with Crippen molar-refractivity contribution in [3.05, 3.63) is 69.2 Å². The Morgan fingerprint density at radius 1 is 1.22 bits per heavy atom. The van der Waals surface area contributed by atoms with Crippen molar-refractivity contribution >= 4 is 23.5 Å². The Balaban J connectivity index is 1.69. The second-order valence-corrected chi connectivity index (χ2v) is 10.1. The van der Waals surface area contributed by atoms with E-state index in [2.05, 4.69) is 11.0 Å². The number of hydrogen-bond donors (Lipinski definition) is 1. The van der Waals surface area contributed by atoms with E-state index in [0.29, 0.717) is 12.0 Å². The van der Waals surface area contributed by atoms with E-state index in [1.807, 2.05) is 70.0 Å². The van der Waals surface area contributed by atoms with Gasteiger partial charge in [0, 0.05) is 43.2 Å². The number of aryl methyl sites for hydroxylation is 2. The Bertz CT molecular complexity index is 1020. The van der Waals surface area contributed by atoms with Crippen LogP contribution in [0, 0.1) is 19.3 Å². The molecule has 2 aromatic carbocycles. The molecule has 0 aromatic heterocycles. The van der Waals surface area contributed by atoms with E-state index in [1.54, 1.807) is 0 Å². The normalized spacial score (nSPS) is 16.9. The molecule has 1 aliphatic rings. The first-order valence-electron chi connectivity index (χ1n) is 11.1. The number of likely N-dealkylation sites (tertiary alicyclic amines) is 1. The lowest BCUT2D eigenvalue weighted by Gasteiger charge is -2.34. The predicted octanol–water partition coefficient (Wildman–Crippen LogP) is 4.96. The molecule has 1 atom stereocenters. The molecule has 1 N–H and O–H groups in total. The molecule has 1 unspecified atom stereocenters. The maximum Gasteiger partial charge on any atom is 0.336 e. The maximum absolute atomic E-state index is 13.5. The summed E-state index contributed by atoms with van der Waals surface area (Å²) in [4.78, 5) is 29.5. The molecular weight excluding hydrogens is 424 g/mol. The largest absolute Gasteiger partial charge is 0.478 e. The van der Waals surface area contributed by atoms with Crippen molar-refractivity contribution < 1.29 is 14.7 Å². The van der Waals surface area contributed by atoms with Crippen LogP contribution < -0.4 is 0 Å². The van der Waals surface area contributed by atoms with Crippen LogP contribution in [0.2, 0.25) is 5.02 Å². The number of halogens is 1. The second kappa shape index (κ2) is 9.63. The lowest BCUT2D eigenvalue weighted by atomic mass is 9.81. The fourth-order valence-corrected chi connectivity index (χ4v) is 5.07. The van der Waals surface area contributed by atoms with Crippen LogP contribution in [-0.2, 0) is 17.8 Å². The molecule has 5 nitrogen and oxygen atoms in total. The fourth-order valence-electron chi connectivity index (χ4n) is 4.86. The summed E-state index contributed by atoms with van der Waals surface area (Å²) in [6.07, 6.45) is 1.31. The van der Waals surface area contributed by atoms with Gasteiger partial charge in [-0.05, 0) is 55.5 Å². The van der Waals surface area contributed by atoms with E-state index in [1.165, 1.54) is 5.56 Å². The first-order chi connectivity index (χ1) is 15.0. The average Bonchev–Trinajstić information content (AvgIpc) is 3.14. The highest BCUT2D eigenvalue weighted by Gasteiger charge is 2.37. The topological polar surface area (TPSA) is 60.9 Å². The van der Waals surface area contributed by atoms with Crippen molar-refractivity contribution in [2.24, 2.45) is 5.41 Å². The van der Waals surface area contributed by atoms with Gasteiger partial charge in [0.05, 0.1) is 5.56 Å². The quantitative estimate of drug-likeness (QED) is 0.639. The molecule has 0 aliphatic carbocycles. The number of benzene rings is 2. The Hall–Kier alpha value is -2.37. The van der Waals surface area contributed by atoms with E-state index in [4.69, 9.17) is 11.6 Å². The van der Waals surface area contributed by atoms with E-state index in [9.17, 15) is 14.7 Å². The first-order valence-corrected chi connectivity index (χ1v) is 11.4. The molecular formula is C26H33ClN2O3. The van der Waals surface area contributed by atoms with Gasteiger partial charge in [-0.1, -0.05) is 55.3 Å². The number of hydrogen-bond acceptors (Lipinski definition) is 3. The van der Waals surface area contributed by atoms with Gasteiger partial charge in [0.15, 0.2) is 0 Å². The lowest BCUT2D eigenvalue weighted by molar-refractivity contribution is -0.141. The Labute approximate surface area is 196 Å². The molecule has 172 valence electrons. The number of rotatable bonds is 7. The number of aromatic carboxylic acids is 1. The van der Waals surface area contributed by atoms with E-state index >= 15 is 0 Å². The molecule has 6 heteroatoms. The van der Waals surface area contributed by atoms with Crippen LogP contribution in [0.4, 0.5) is 0 Å². The van der Waals surface area contributed by atoms with Gasteiger partial charge in [-0.15, -0.1) is 0 Å². The highest BCUT2D eigenvalue weighted by Crippen LogP contribution is 2.30. The number of carbonyl (C=O) groups excluding carboxylic acids is 1. The molecule has 0 bridgehead atoms. The molecule has 1 saturated heterocycles. The molecule has 0 spiro atoms. The van der Waals surface area contributed by atoms with E-state index in [-0.39, 0.29) is 11.9 Å². The highest BCUT2D eigenvalue weighted by atomic mass is 35.5. The van der Waals surface area contributed by atoms with Crippen LogP contribution in [0.25, 0.3) is 0 Å². The SMILES string of the molecule is Cc1cc(C)c(C(=O)O)c(CC(C)(C)C(=O)N(C)C2CCN(Cc3cccc(Cl)c3)C2)c1. The number of carboxylic acids is 1. The van der Waals surface area contributed by atoms with Crippen LogP contribution in [0.15, 0.2) is 36.4 Å². The summed E-state index contributed by atoms with van der Waals surface area (Å²) >= 11 is 6.11. The molecule has 2 aromatic rings. The predicted molar refractivity (Wildman–Crippen MR) is 128 cm³/mol. The van der Waals surface area contributed by atoms with Crippen LogP contribution in [0.3, 0.4) is 0 Å². The highest BCUT2D eigenvalue weighted by molar-refractivity contribution is 6.30. The van der Waals surface area contributed by atoms with Crippen molar-refractivity contribution in [1.82, 2.24) is 9.80 Å². The molecule has 32 heavy (non-hydrogen) atoms. The number of likely N-dealkylation sites (N-methyl/N-ethyl adjacent to an activating group) is 1. The molecule has 1 heterocycles. The molecule has 3 rings (SSSR count). The minimum absolute atomic E-state index is 0.0441. The van der Waals surface area contributed by atoms with Crippen LogP contribution >= 0.6 is 11.6 Å². The standard InChI is InChI=1S/C26H33ClN2O3/c1-17-11-18(2)23(24(30)31)20(12-17)14-26(3,4)25(32)28(5)22-9-10-29(16-22)15-19-7-6-8-21(27)13-19/h6-8,11-13,22H,9-10,14-16H2,1-5H3,(H,30,31). The lowest BCUT2D eigenvalue weighted by Crippen LogP contribution is -2.46. The van der Waals surface area contributed by atoms with Crippen molar-refractivity contribution in [2.45, 2.75) is 53.1 Å². The van der Waals surface area contributed by atoms with Crippen LogP contribution in [0.5, 0.6) is 0 Å². The zero-order chi connectivity index (χ0) is 23.6. The third kappa shape index (κ3) is 5.51. The van der Waals surface area contributed by atoms with Gasteiger partial charge < -0.3 is 10.0 Å². The zero-order valence-corrected chi connectivity index (χ0v) is 20.4. The minimum atomic E-state index is -0.943. The smallest absolute Gasteiger partial charge is 0.336 e. The third-order valence-corrected chi connectivity index (χ3v) is 6.63. The van der Waals surface area contributed by atoms with Crippen molar-refractivity contribution in [1.29, 1.82) is 0 Å². The summed E-state index contributed by atoms with van der Waals surface area (Å²) in [5.74, 6) is -0.899. The van der Waals surface area contributed by atoms with Crippen LogP contribution in [0.1, 0.15) is 52.9 Å². The Morgan fingerprint density at radius 3 is 2.59 bits per heavy atom. The van der Waals surface area contributed by atoms with Gasteiger partial charge in [-0.25, -0.2) is 4.79 Å². The summed E-state index contributed by atoms with van der Waals surface area (Å²) in [6, 6.07) is 11.8. The van der Waals surface area contributed by atoms with Gasteiger partial charge >= 0.3 is 5.97 Å². The minimum Gasteiger partial charge on any atom is -0.478 e. The number of nitrogens with zero attached hydrogens (tertiary/aromatic N) is 2. The molecule has 0 radical (unpaired) electrons. The second-order valence-electron chi connectivity index (χ2n) is 9.71. The van der Waals surface area contributed by atoms with Gasteiger partial charge in [0.2, 0.25) is 5.91 Å². The number of carbonyl (C=O) groups is 2. The Morgan fingerprint density at radius 2 is 1.94 bits per heavy atom. The molecule has 0 saturated carbocycles. The van der Waals surface area contributed by atoms with Crippen LogP contribution in [-0.4, -0.2) is 53.0 Å². The van der Waals surface area contributed by atoms with Gasteiger partial charge in [0.25, 0.3) is 0 Å². The monoisotopic (exact) mass is 456 g/mol. The Kier molecular flexibility index (Phi) is 7.31. The average molecular weight is 457 g/mol. The van der Waals surface area contributed by atoms with Crippen molar-refractivity contribution in [3.8, 4) is 0 Å².